The molecule has 0 radical (unpaired) electrons. The van der Waals surface area contributed by atoms with Crippen molar-refractivity contribution in [2.24, 2.45) is 0 Å². The third-order valence-electron chi connectivity index (χ3n) is 2.76. The van der Waals surface area contributed by atoms with Crippen LogP contribution in [0.15, 0.2) is 12.1 Å². The largest absolute Gasteiger partial charge is 0.370 e. The lowest BCUT2D eigenvalue weighted by atomic mass is 10.0. The van der Waals surface area contributed by atoms with Crippen LogP contribution in [0.2, 0.25) is 0 Å². The second kappa shape index (κ2) is 4.29. The Labute approximate surface area is 92.2 Å². The highest BCUT2D eigenvalue weighted by Gasteiger charge is 2.28. The van der Waals surface area contributed by atoms with Crippen molar-refractivity contribution in [3.05, 3.63) is 34.9 Å². The molecule has 16 heavy (non-hydrogen) atoms. The van der Waals surface area contributed by atoms with E-state index in [1.54, 1.807) is 0 Å². The molecular formula is C12H12F2O2. The van der Waals surface area contributed by atoms with Crippen LogP contribution in [0.5, 0.6) is 0 Å². The number of Topliss-reactive ketones (excluding diaryl/α,β-unsaturated/α-hetero) is 1. The monoisotopic (exact) mass is 226 g/mol. The van der Waals surface area contributed by atoms with E-state index in [4.69, 9.17) is 4.74 Å². The average Bonchev–Trinajstić information content (AvgIpc) is 2.79. The van der Waals surface area contributed by atoms with Crippen molar-refractivity contribution in [3.8, 4) is 0 Å². The number of carbonyl (C=O) groups excluding carboxylic acids is 1. The van der Waals surface area contributed by atoms with Crippen molar-refractivity contribution in [1.82, 2.24) is 0 Å². The molecule has 1 saturated heterocycles. The predicted octanol–water partition coefficient (Wildman–Crippen LogP) is 2.63. The topological polar surface area (TPSA) is 26.3 Å². The normalized spacial score (nSPS) is 20.1. The Hall–Kier alpha value is -1.29. The third kappa shape index (κ3) is 1.85. The first-order valence-corrected chi connectivity index (χ1v) is 5.21. The third-order valence-corrected chi connectivity index (χ3v) is 2.76. The van der Waals surface area contributed by atoms with Crippen LogP contribution in [0, 0.1) is 18.6 Å². The number of halogens is 2. The summed E-state index contributed by atoms with van der Waals surface area (Å²) in [5.41, 5.74) is -0.0172. The van der Waals surface area contributed by atoms with Gasteiger partial charge in [-0.1, -0.05) is 6.07 Å². The molecule has 2 nitrogen and oxygen atoms in total. The molecule has 1 aliphatic rings. The summed E-state index contributed by atoms with van der Waals surface area (Å²) in [7, 11) is 0. The van der Waals surface area contributed by atoms with E-state index in [1.807, 2.05) is 0 Å². The molecule has 1 heterocycles. The summed E-state index contributed by atoms with van der Waals surface area (Å²) in [6, 6.07) is 2.72. The summed E-state index contributed by atoms with van der Waals surface area (Å²) in [6.45, 7) is 1.96. The SMILES string of the molecule is Cc1ccc(C(=O)C2CCCO2)c(F)c1F. The number of aryl methyl sites for hydroxylation is 1. The van der Waals surface area contributed by atoms with Crippen molar-refractivity contribution >= 4 is 5.78 Å². The first kappa shape index (κ1) is 11.2. The van der Waals surface area contributed by atoms with Crippen LogP contribution in [-0.2, 0) is 4.74 Å². The molecule has 1 atom stereocenters. The van der Waals surface area contributed by atoms with Crippen molar-refractivity contribution in [3.63, 3.8) is 0 Å². The molecule has 86 valence electrons. The molecule has 1 aromatic rings. The van der Waals surface area contributed by atoms with Crippen LogP contribution < -0.4 is 0 Å². The Balaban J connectivity index is 2.33. The van der Waals surface area contributed by atoms with E-state index in [-0.39, 0.29) is 11.1 Å². The molecule has 0 amide bonds. The van der Waals surface area contributed by atoms with Gasteiger partial charge in [-0.3, -0.25) is 4.79 Å². The number of carbonyl (C=O) groups is 1. The fraction of sp³-hybridized carbons (Fsp3) is 0.417. The average molecular weight is 226 g/mol. The van der Waals surface area contributed by atoms with Gasteiger partial charge < -0.3 is 4.74 Å². The minimum absolute atomic E-state index is 0.196. The molecule has 0 bridgehead atoms. The Kier molecular flexibility index (Phi) is 3.01. The van der Waals surface area contributed by atoms with Gasteiger partial charge in [-0.15, -0.1) is 0 Å². The molecular weight excluding hydrogens is 214 g/mol. The zero-order valence-electron chi connectivity index (χ0n) is 8.93. The van der Waals surface area contributed by atoms with E-state index >= 15 is 0 Å². The molecule has 4 heteroatoms. The number of ketones is 1. The molecule has 1 aromatic carbocycles. The lowest BCUT2D eigenvalue weighted by Crippen LogP contribution is -2.21. The highest BCUT2D eigenvalue weighted by molar-refractivity contribution is 5.99. The maximum Gasteiger partial charge on any atom is 0.194 e. The van der Waals surface area contributed by atoms with E-state index in [0.717, 1.165) is 6.42 Å². The van der Waals surface area contributed by atoms with Gasteiger partial charge in [0.15, 0.2) is 17.4 Å². The van der Waals surface area contributed by atoms with Crippen LogP contribution in [0.3, 0.4) is 0 Å². The van der Waals surface area contributed by atoms with E-state index in [9.17, 15) is 13.6 Å². The van der Waals surface area contributed by atoms with Crippen LogP contribution in [0.25, 0.3) is 0 Å². The van der Waals surface area contributed by atoms with E-state index in [2.05, 4.69) is 0 Å². The lowest BCUT2D eigenvalue weighted by molar-refractivity contribution is 0.0638. The summed E-state index contributed by atoms with van der Waals surface area (Å²) in [4.78, 5) is 11.8. The van der Waals surface area contributed by atoms with Gasteiger partial charge in [-0.05, 0) is 31.4 Å². The zero-order chi connectivity index (χ0) is 11.7. The van der Waals surface area contributed by atoms with Gasteiger partial charge >= 0.3 is 0 Å². The molecule has 1 aliphatic heterocycles. The Bertz CT molecular complexity index is 423. The summed E-state index contributed by atoms with van der Waals surface area (Å²) < 4.78 is 31.9. The van der Waals surface area contributed by atoms with Crippen LogP contribution in [0.4, 0.5) is 8.78 Å². The van der Waals surface area contributed by atoms with Gasteiger partial charge in [0.05, 0.1) is 5.56 Å². The van der Waals surface area contributed by atoms with Gasteiger partial charge in [-0.25, -0.2) is 8.78 Å². The van der Waals surface area contributed by atoms with E-state index < -0.39 is 23.5 Å². The lowest BCUT2D eigenvalue weighted by Gasteiger charge is -2.10. The minimum Gasteiger partial charge on any atom is -0.370 e. The first-order chi connectivity index (χ1) is 7.61. The summed E-state index contributed by atoms with van der Waals surface area (Å²) in [5, 5.41) is 0. The number of benzene rings is 1. The van der Waals surface area contributed by atoms with Gasteiger partial charge in [0.1, 0.15) is 6.10 Å². The van der Waals surface area contributed by atoms with Crippen molar-refractivity contribution in [2.45, 2.75) is 25.9 Å². The number of hydrogen-bond donors (Lipinski definition) is 0. The second-order valence-corrected chi connectivity index (χ2v) is 3.92. The molecule has 2 rings (SSSR count). The number of hydrogen-bond acceptors (Lipinski definition) is 2. The second-order valence-electron chi connectivity index (χ2n) is 3.92. The molecule has 0 saturated carbocycles. The summed E-state index contributed by atoms with van der Waals surface area (Å²) >= 11 is 0. The first-order valence-electron chi connectivity index (χ1n) is 5.21. The molecule has 0 aliphatic carbocycles. The van der Waals surface area contributed by atoms with Crippen LogP contribution in [-0.4, -0.2) is 18.5 Å². The fourth-order valence-corrected chi connectivity index (χ4v) is 1.79. The fourth-order valence-electron chi connectivity index (χ4n) is 1.79. The Morgan fingerprint density at radius 1 is 1.38 bits per heavy atom. The minimum atomic E-state index is -1.07. The number of rotatable bonds is 2. The molecule has 1 fully saturated rings. The maximum absolute atomic E-state index is 13.5. The van der Waals surface area contributed by atoms with E-state index in [0.29, 0.717) is 13.0 Å². The Morgan fingerprint density at radius 2 is 2.12 bits per heavy atom. The van der Waals surface area contributed by atoms with Gasteiger partial charge in [0.2, 0.25) is 0 Å². The quantitative estimate of drug-likeness (QED) is 0.724. The highest BCUT2D eigenvalue weighted by atomic mass is 19.2. The van der Waals surface area contributed by atoms with Crippen molar-refractivity contribution in [2.75, 3.05) is 6.61 Å². The van der Waals surface area contributed by atoms with Gasteiger partial charge in [-0.2, -0.15) is 0 Å². The standard InChI is InChI=1S/C12H12F2O2/c1-7-4-5-8(11(14)10(7)13)12(15)9-3-2-6-16-9/h4-5,9H,2-3,6H2,1H3. The predicted molar refractivity (Wildman–Crippen MR) is 54.4 cm³/mol. The van der Waals surface area contributed by atoms with Crippen LogP contribution >= 0.6 is 0 Å². The smallest absolute Gasteiger partial charge is 0.194 e. The Morgan fingerprint density at radius 3 is 2.75 bits per heavy atom. The van der Waals surface area contributed by atoms with E-state index in [1.165, 1.54) is 19.1 Å². The molecule has 0 spiro atoms. The zero-order valence-corrected chi connectivity index (χ0v) is 8.93. The highest BCUT2D eigenvalue weighted by Crippen LogP contribution is 2.21. The molecule has 0 aromatic heterocycles. The van der Waals surface area contributed by atoms with Crippen molar-refractivity contribution in [1.29, 1.82) is 0 Å². The van der Waals surface area contributed by atoms with Gasteiger partial charge in [0, 0.05) is 6.61 Å². The summed E-state index contributed by atoms with van der Waals surface area (Å²) in [6.07, 6.45) is 0.747. The molecule has 1 unspecified atom stereocenters. The number of ether oxygens (including phenoxy) is 1. The molecule has 0 N–H and O–H groups in total. The van der Waals surface area contributed by atoms with Gasteiger partial charge in [0.25, 0.3) is 0 Å². The summed E-state index contributed by atoms with van der Waals surface area (Å²) in [5.74, 6) is -2.49. The van der Waals surface area contributed by atoms with Crippen LogP contribution in [0.1, 0.15) is 28.8 Å². The van der Waals surface area contributed by atoms with Crippen molar-refractivity contribution < 1.29 is 18.3 Å². The maximum atomic E-state index is 13.5.